The van der Waals surface area contributed by atoms with Gasteiger partial charge in [-0.25, -0.2) is 0 Å². The number of hydrogen-bond donors (Lipinski definition) is 11. The first-order valence-corrected chi connectivity index (χ1v) is 52.7. The molecular weight excluding hydrogens is 1530 g/mol. The number of nitrogens with one attached hydrogen (secondary N) is 8. The zero-order chi connectivity index (χ0) is 89.8. The molecule has 9 rings (SSSR count). The van der Waals surface area contributed by atoms with Crippen molar-refractivity contribution in [3.05, 3.63) is 0 Å². The second-order valence-corrected chi connectivity index (χ2v) is 37.8. The van der Waals surface area contributed by atoms with Gasteiger partial charge in [-0.1, -0.05) is 88.0 Å². The van der Waals surface area contributed by atoms with Crippen LogP contribution in [0.5, 0.6) is 0 Å². The maximum atomic E-state index is 8.81. The van der Waals surface area contributed by atoms with Gasteiger partial charge in [-0.05, 0) is 393 Å². The third-order valence-corrected chi connectivity index (χ3v) is 27.3. The van der Waals surface area contributed by atoms with Gasteiger partial charge in [0.15, 0.2) is 0 Å². The first-order valence-electron chi connectivity index (χ1n) is 52.7. The van der Waals surface area contributed by atoms with E-state index in [4.69, 9.17) is 20.1 Å². The molecule has 24 heteroatoms. The first kappa shape index (κ1) is 118. The summed E-state index contributed by atoms with van der Waals surface area (Å²) in [5.41, 5.74) is 0. The van der Waals surface area contributed by atoms with Crippen molar-refractivity contribution in [3.63, 3.8) is 0 Å². The van der Waals surface area contributed by atoms with Crippen molar-refractivity contribution in [2.24, 2.45) is 0 Å². The third-order valence-electron chi connectivity index (χ3n) is 27.3. The lowest BCUT2D eigenvalue weighted by atomic mass is 9.95. The molecule has 0 spiro atoms. The van der Waals surface area contributed by atoms with Crippen molar-refractivity contribution in [1.82, 2.24) is 101 Å². The average Bonchev–Trinajstić information content (AvgIpc) is 1.78. The van der Waals surface area contributed by atoms with Gasteiger partial charge in [0.05, 0.1) is 13.2 Å². The first-order chi connectivity index (χ1) is 60.1. The van der Waals surface area contributed by atoms with E-state index >= 15 is 0 Å². The zero-order valence-electron chi connectivity index (χ0n) is 84.6. The van der Waals surface area contributed by atoms with E-state index in [1.54, 1.807) is 0 Å². The van der Waals surface area contributed by atoms with Crippen molar-refractivity contribution < 1.29 is 20.1 Å². The van der Waals surface area contributed by atoms with Crippen LogP contribution in [0.25, 0.3) is 0 Å². The highest BCUT2D eigenvalue weighted by Crippen LogP contribution is 2.24. The minimum absolute atomic E-state index is 0.294. The predicted molar refractivity (Wildman–Crippen MR) is 533 cm³/mol. The van der Waals surface area contributed by atoms with Crippen LogP contribution >= 0.6 is 0 Å². The smallest absolute Gasteiger partial charge is 0.0593 e. The Kier molecular flexibility index (Phi) is 79.6. The standard InChI is InChI=1S/C15H33N3.C14H31N3.C13H29N3O.C13H26N2.C12H27N3.C12H26N2O.C11H24N2O.C9H20N2O/c1-4-11-18-13-7-9-15(18)14-16-10-8-12-17(5-2)6-3;1-4-5-11-17-12-6-8-14(17)13-15-9-7-10-16(2)3;1-4-17-11-10-16-8-5-6-13(16)12-14-7-9-15(2)3;1-2-15-10-6-9-13(15)11-14-12-7-4-3-5-8-12;1-4-15-10-5-7-12(15)11-13-8-6-9-14(2)3;1-2-14-9-6-7-12(14)11-13-8-4-3-5-10-15;1-2-13-8-5-6-11(13)10-12-7-3-4-9-14;1-2-10-8-9-4-3-5-11(9)6-7-12/h15-16H,4-14H2,1-3H3;14-15H,4-13H2,1-3H3;13-14H,4-12H2,1-3H3;12-14H,2-11H2,1H3;12-13H,4-11H2,1-3H3;12-13,15H,2-11H2,1H3;11-12,14H,2-10H2,1H3;9-10,12H,2-8H2,1H3/t;14-;;;;12-;;9-/m.0...1.0/s1. The second-order valence-electron chi connectivity index (χ2n) is 37.8. The highest BCUT2D eigenvalue weighted by atomic mass is 16.5. The molecular formula is C99H216N20O4. The molecule has 5 unspecified atom stereocenters. The largest absolute Gasteiger partial charge is 0.396 e. The van der Waals surface area contributed by atoms with Gasteiger partial charge in [-0.3, -0.25) is 39.2 Å². The van der Waals surface area contributed by atoms with Crippen LogP contribution in [0, 0.1) is 0 Å². The Hall–Kier alpha value is -0.960. The highest BCUT2D eigenvalue weighted by Gasteiger charge is 2.30. The van der Waals surface area contributed by atoms with Gasteiger partial charge >= 0.3 is 0 Å². The summed E-state index contributed by atoms with van der Waals surface area (Å²) in [7, 11) is 12.8. The summed E-state index contributed by atoms with van der Waals surface area (Å²) < 4.78 is 5.43. The molecule has 736 valence electrons. The Bertz CT molecular complexity index is 2190. The Balaban J connectivity index is 0.000000477. The Labute approximate surface area is 764 Å². The SMILES string of the molecule is CCCCN1CCC[C@H]1CNCCCN(C)C.CCCN1CCCC1CNCCCN(CC)CC.CCN1CCCC1CNC1CCCCC1.CCN1CCCC1CNCCCCO.CCN1CCCC1CNCCCN(C)C.CCN1CCC[C@@H]1CNCCCCCO.CCNC[C@@H]1CCCN1CCO.CCOCCN1CCCC1CNCCN(C)C. The minimum atomic E-state index is 0.294. The van der Waals surface area contributed by atoms with Crippen LogP contribution in [-0.2, 0) is 4.74 Å². The van der Waals surface area contributed by atoms with E-state index < -0.39 is 0 Å². The Morgan fingerprint density at radius 1 is 0.285 bits per heavy atom. The van der Waals surface area contributed by atoms with Crippen LogP contribution < -0.4 is 42.5 Å². The highest BCUT2D eigenvalue weighted by molar-refractivity contribution is 4.88. The molecule has 9 fully saturated rings. The van der Waals surface area contributed by atoms with Crippen LogP contribution in [0.15, 0.2) is 0 Å². The summed E-state index contributed by atoms with van der Waals surface area (Å²) in [5, 5.41) is 54.6. The molecule has 0 amide bonds. The number of rotatable bonds is 59. The maximum Gasteiger partial charge on any atom is 0.0593 e. The quantitative estimate of drug-likeness (QED) is 0.0256. The van der Waals surface area contributed by atoms with E-state index in [0.29, 0.717) is 25.9 Å². The van der Waals surface area contributed by atoms with Crippen molar-refractivity contribution in [2.45, 2.75) is 329 Å². The van der Waals surface area contributed by atoms with Crippen LogP contribution in [0.2, 0.25) is 0 Å². The predicted octanol–water partition coefficient (Wildman–Crippen LogP) is 10.1. The van der Waals surface area contributed by atoms with Crippen LogP contribution in [0.1, 0.15) is 275 Å². The van der Waals surface area contributed by atoms with Gasteiger partial charge in [-0.15, -0.1) is 0 Å². The number of likely N-dealkylation sites (N-methyl/N-ethyl adjacent to an activating group) is 6. The topological polar surface area (TPSA) is 205 Å². The number of likely N-dealkylation sites (tertiary alicyclic amines) is 8. The van der Waals surface area contributed by atoms with Crippen molar-refractivity contribution in [1.29, 1.82) is 0 Å². The molecule has 8 heterocycles. The number of hydrogen-bond acceptors (Lipinski definition) is 24. The summed E-state index contributed by atoms with van der Waals surface area (Å²) in [4.78, 5) is 29.9. The van der Waals surface area contributed by atoms with E-state index in [9.17, 15) is 0 Å². The van der Waals surface area contributed by atoms with Crippen molar-refractivity contribution >= 4 is 0 Å². The van der Waals surface area contributed by atoms with Gasteiger partial charge in [0, 0.05) is 153 Å². The van der Waals surface area contributed by atoms with E-state index in [-0.39, 0.29) is 0 Å². The summed E-state index contributed by atoms with van der Waals surface area (Å²) in [5.74, 6) is 0. The van der Waals surface area contributed by atoms with Gasteiger partial charge in [0.25, 0.3) is 0 Å². The van der Waals surface area contributed by atoms with Crippen molar-refractivity contribution in [2.75, 3.05) is 317 Å². The minimum Gasteiger partial charge on any atom is -0.396 e. The Morgan fingerprint density at radius 3 is 0.976 bits per heavy atom. The molecule has 0 aromatic heterocycles. The summed E-state index contributed by atoms with van der Waals surface area (Å²) in [6.45, 7) is 68.7. The Morgan fingerprint density at radius 2 is 0.618 bits per heavy atom. The van der Waals surface area contributed by atoms with E-state index in [2.05, 4.69) is 213 Å². The fourth-order valence-corrected chi connectivity index (χ4v) is 19.7. The summed E-state index contributed by atoms with van der Waals surface area (Å²) in [6, 6.07) is 6.99. The molecule has 1 saturated carbocycles. The monoisotopic (exact) mass is 1750 g/mol. The molecule has 0 aromatic rings. The molecule has 0 bridgehead atoms. The molecule has 24 nitrogen and oxygen atoms in total. The molecule has 0 radical (unpaired) electrons. The fourth-order valence-electron chi connectivity index (χ4n) is 19.7. The fraction of sp³-hybridized carbons (Fsp3) is 1.00. The molecule has 123 heavy (non-hydrogen) atoms. The van der Waals surface area contributed by atoms with Crippen molar-refractivity contribution in [3.8, 4) is 0 Å². The van der Waals surface area contributed by atoms with E-state index in [1.807, 2.05) is 0 Å². The molecule has 8 aliphatic heterocycles. The third kappa shape index (κ3) is 60.0. The maximum absolute atomic E-state index is 8.81. The van der Waals surface area contributed by atoms with Gasteiger partial charge in [0.1, 0.15) is 0 Å². The lowest BCUT2D eigenvalue weighted by Crippen LogP contribution is -2.42. The second kappa shape index (κ2) is 82.9. The molecule has 0 aromatic carbocycles. The average molecular weight is 1750 g/mol. The zero-order valence-corrected chi connectivity index (χ0v) is 84.6. The van der Waals surface area contributed by atoms with E-state index in [1.165, 1.54) is 330 Å². The molecule has 8 atom stereocenters. The lowest BCUT2D eigenvalue weighted by Gasteiger charge is -2.28. The van der Waals surface area contributed by atoms with Gasteiger partial charge < -0.3 is 82.2 Å². The summed E-state index contributed by atoms with van der Waals surface area (Å²) in [6.07, 6.45) is 42.1. The number of aliphatic hydroxyl groups excluding tert-OH is 3. The van der Waals surface area contributed by atoms with Gasteiger partial charge in [0.2, 0.25) is 0 Å². The number of nitrogens with zero attached hydrogens (tertiary/aromatic N) is 12. The number of ether oxygens (including phenoxy) is 1. The van der Waals surface area contributed by atoms with E-state index in [0.717, 1.165) is 179 Å². The summed E-state index contributed by atoms with van der Waals surface area (Å²) >= 11 is 0. The molecule has 8 saturated heterocycles. The molecule has 11 N–H and O–H groups in total. The van der Waals surface area contributed by atoms with Gasteiger partial charge in [-0.2, -0.15) is 0 Å². The van der Waals surface area contributed by atoms with Crippen LogP contribution in [0.4, 0.5) is 0 Å². The number of unbranched alkanes of at least 4 members (excludes halogenated alkanes) is 4. The van der Waals surface area contributed by atoms with Crippen LogP contribution in [-0.4, -0.2) is 446 Å². The van der Waals surface area contributed by atoms with Crippen LogP contribution in [0.3, 0.4) is 0 Å². The normalized spacial score (nSPS) is 23.2. The molecule has 9 aliphatic rings. The molecule has 1 aliphatic carbocycles. The lowest BCUT2D eigenvalue weighted by molar-refractivity contribution is 0.108. The number of β-amino-alcohol motifs (C(OH)–C–C–N with tert-alkyl or cyclic N) is 1. The number of aliphatic hydroxyl groups is 3.